The van der Waals surface area contributed by atoms with Crippen molar-refractivity contribution in [3.8, 4) is 0 Å². The maximum atomic E-state index is 11.8. The Labute approximate surface area is 106 Å². The molecule has 0 N–H and O–H groups in total. The van der Waals surface area contributed by atoms with E-state index < -0.39 is 0 Å². The normalized spacial score (nSPS) is 10.3. The van der Waals surface area contributed by atoms with Gasteiger partial charge in [0.1, 0.15) is 0 Å². The summed E-state index contributed by atoms with van der Waals surface area (Å²) in [5.74, 6) is 0.139. The van der Waals surface area contributed by atoms with E-state index in [0.717, 1.165) is 10.9 Å². The van der Waals surface area contributed by atoms with Crippen LogP contribution in [-0.2, 0) is 6.42 Å². The zero-order valence-corrected chi connectivity index (χ0v) is 10.9. The fourth-order valence-corrected chi connectivity index (χ4v) is 2.47. The number of nitrogens with zero attached hydrogens (tertiary/aromatic N) is 1. The lowest BCUT2D eigenvalue weighted by atomic mass is 10.1. The molecule has 2 aromatic rings. The third kappa shape index (κ3) is 3.00. The Morgan fingerprint density at radius 1 is 1.44 bits per heavy atom. The van der Waals surface area contributed by atoms with Crippen LogP contribution < -0.4 is 0 Å². The Balaban J connectivity index is 1.98. The molecule has 0 amide bonds. The first-order chi connectivity index (χ1) is 7.75. The summed E-state index contributed by atoms with van der Waals surface area (Å²) in [6.45, 7) is 0. The lowest BCUT2D eigenvalue weighted by Crippen LogP contribution is -2.01. The first kappa shape index (κ1) is 11.5. The molecule has 0 bridgehead atoms. The second kappa shape index (κ2) is 5.37. The molecule has 0 aliphatic rings. The fraction of sp³-hybridized carbons (Fsp3) is 0.167. The van der Waals surface area contributed by atoms with Gasteiger partial charge >= 0.3 is 0 Å². The number of thiophene rings is 1. The van der Waals surface area contributed by atoms with E-state index in [1.807, 2.05) is 11.4 Å². The highest BCUT2D eigenvalue weighted by Gasteiger charge is 2.07. The molecule has 2 rings (SSSR count). The molecular weight excluding hydrogens is 286 g/mol. The van der Waals surface area contributed by atoms with E-state index in [1.165, 1.54) is 5.56 Å². The number of carbonyl (C=O) groups is 1. The molecule has 2 heterocycles. The van der Waals surface area contributed by atoms with Crippen molar-refractivity contribution in [3.05, 3.63) is 50.9 Å². The molecule has 4 heteroatoms. The first-order valence-electron chi connectivity index (χ1n) is 4.90. The summed E-state index contributed by atoms with van der Waals surface area (Å²) < 4.78 is 0.842. The zero-order valence-electron chi connectivity index (χ0n) is 8.52. The molecule has 2 nitrogen and oxygen atoms in total. The quantitative estimate of drug-likeness (QED) is 0.805. The highest BCUT2D eigenvalue weighted by molar-refractivity contribution is 9.10. The van der Waals surface area contributed by atoms with E-state index in [4.69, 9.17) is 0 Å². The molecule has 0 saturated carbocycles. The minimum absolute atomic E-state index is 0.139. The number of ketones is 1. The van der Waals surface area contributed by atoms with Crippen molar-refractivity contribution in [3.63, 3.8) is 0 Å². The van der Waals surface area contributed by atoms with Gasteiger partial charge in [-0.05, 0) is 50.8 Å². The van der Waals surface area contributed by atoms with Gasteiger partial charge < -0.3 is 0 Å². The van der Waals surface area contributed by atoms with Crippen molar-refractivity contribution in [1.82, 2.24) is 4.98 Å². The van der Waals surface area contributed by atoms with Gasteiger partial charge in [-0.2, -0.15) is 11.3 Å². The molecule has 0 aliphatic carbocycles. The summed E-state index contributed by atoms with van der Waals surface area (Å²) in [6.07, 6.45) is 4.63. The number of aryl methyl sites for hydroxylation is 1. The monoisotopic (exact) mass is 295 g/mol. The third-order valence-electron chi connectivity index (χ3n) is 2.25. The van der Waals surface area contributed by atoms with Crippen molar-refractivity contribution in [2.45, 2.75) is 12.8 Å². The second-order valence-electron chi connectivity index (χ2n) is 3.45. The summed E-state index contributed by atoms with van der Waals surface area (Å²) in [7, 11) is 0. The molecule has 0 spiro atoms. The van der Waals surface area contributed by atoms with Gasteiger partial charge in [0.25, 0.3) is 0 Å². The summed E-state index contributed by atoms with van der Waals surface area (Å²) in [4.78, 5) is 15.8. The summed E-state index contributed by atoms with van der Waals surface area (Å²) in [5.41, 5.74) is 1.89. The SMILES string of the molecule is O=C(CCc1ccsc1)c1cncc(Br)c1. The second-order valence-corrected chi connectivity index (χ2v) is 5.14. The van der Waals surface area contributed by atoms with Crippen LogP contribution in [0.2, 0.25) is 0 Å². The molecule has 0 aliphatic heterocycles. The molecule has 16 heavy (non-hydrogen) atoms. The van der Waals surface area contributed by atoms with E-state index in [0.29, 0.717) is 12.0 Å². The molecular formula is C12H10BrNOS. The van der Waals surface area contributed by atoms with Gasteiger partial charge in [0.2, 0.25) is 0 Å². The maximum Gasteiger partial charge on any atom is 0.164 e. The smallest absolute Gasteiger partial charge is 0.164 e. The Morgan fingerprint density at radius 3 is 3.00 bits per heavy atom. The summed E-state index contributed by atoms with van der Waals surface area (Å²) in [5, 5.41) is 4.10. The Morgan fingerprint density at radius 2 is 2.31 bits per heavy atom. The number of pyridine rings is 1. The maximum absolute atomic E-state index is 11.8. The van der Waals surface area contributed by atoms with Crippen molar-refractivity contribution in [2.24, 2.45) is 0 Å². The van der Waals surface area contributed by atoms with E-state index in [9.17, 15) is 4.79 Å². The number of carbonyl (C=O) groups excluding carboxylic acids is 1. The van der Waals surface area contributed by atoms with Crippen LogP contribution in [0.25, 0.3) is 0 Å². The van der Waals surface area contributed by atoms with Gasteiger partial charge in [0.15, 0.2) is 5.78 Å². The van der Waals surface area contributed by atoms with Crippen LogP contribution in [0.5, 0.6) is 0 Å². The lowest BCUT2D eigenvalue weighted by Gasteiger charge is -2.00. The summed E-state index contributed by atoms with van der Waals surface area (Å²) in [6, 6.07) is 3.86. The van der Waals surface area contributed by atoms with Gasteiger partial charge in [-0.1, -0.05) is 0 Å². The van der Waals surface area contributed by atoms with Crippen molar-refractivity contribution >= 4 is 33.0 Å². The first-order valence-corrected chi connectivity index (χ1v) is 6.64. The Kier molecular flexibility index (Phi) is 3.85. The minimum atomic E-state index is 0.139. The Hall–Kier alpha value is -1.00. The third-order valence-corrected chi connectivity index (χ3v) is 3.41. The number of aromatic nitrogens is 1. The molecule has 0 radical (unpaired) electrons. The van der Waals surface area contributed by atoms with Crippen LogP contribution in [-0.4, -0.2) is 10.8 Å². The lowest BCUT2D eigenvalue weighted by molar-refractivity contribution is 0.0982. The fourth-order valence-electron chi connectivity index (χ4n) is 1.40. The molecule has 82 valence electrons. The van der Waals surface area contributed by atoms with Gasteiger partial charge in [-0.25, -0.2) is 0 Å². The zero-order chi connectivity index (χ0) is 11.4. The number of rotatable bonds is 4. The molecule has 0 aromatic carbocycles. The molecule has 0 unspecified atom stereocenters. The standard InChI is InChI=1S/C12H10BrNOS/c13-11-5-10(6-14-7-11)12(15)2-1-9-3-4-16-8-9/h3-8H,1-2H2. The van der Waals surface area contributed by atoms with Crippen LogP contribution in [0.3, 0.4) is 0 Å². The number of hydrogen-bond acceptors (Lipinski definition) is 3. The predicted molar refractivity (Wildman–Crippen MR) is 68.9 cm³/mol. The van der Waals surface area contributed by atoms with Gasteiger partial charge in [0.05, 0.1) is 0 Å². The molecule has 0 atom stereocenters. The van der Waals surface area contributed by atoms with Crippen LogP contribution in [0, 0.1) is 0 Å². The topological polar surface area (TPSA) is 30.0 Å². The molecule has 0 saturated heterocycles. The summed E-state index contributed by atoms with van der Waals surface area (Å²) >= 11 is 4.97. The average molecular weight is 296 g/mol. The van der Waals surface area contributed by atoms with Crippen molar-refractivity contribution in [1.29, 1.82) is 0 Å². The van der Waals surface area contributed by atoms with Crippen LogP contribution >= 0.6 is 27.3 Å². The number of hydrogen-bond donors (Lipinski definition) is 0. The van der Waals surface area contributed by atoms with E-state index >= 15 is 0 Å². The van der Waals surface area contributed by atoms with Crippen LogP contribution in [0.15, 0.2) is 39.8 Å². The largest absolute Gasteiger partial charge is 0.294 e. The van der Waals surface area contributed by atoms with E-state index in [1.54, 1.807) is 23.7 Å². The van der Waals surface area contributed by atoms with Crippen LogP contribution in [0.1, 0.15) is 22.3 Å². The average Bonchev–Trinajstić information content (AvgIpc) is 2.78. The molecule has 0 fully saturated rings. The Bertz CT molecular complexity index is 482. The van der Waals surface area contributed by atoms with Crippen molar-refractivity contribution < 1.29 is 4.79 Å². The van der Waals surface area contributed by atoms with Crippen molar-refractivity contribution in [2.75, 3.05) is 0 Å². The highest BCUT2D eigenvalue weighted by Crippen LogP contribution is 2.14. The highest BCUT2D eigenvalue weighted by atomic mass is 79.9. The van der Waals surface area contributed by atoms with E-state index in [-0.39, 0.29) is 5.78 Å². The number of halogens is 1. The van der Waals surface area contributed by atoms with Gasteiger partial charge in [-0.15, -0.1) is 0 Å². The number of Topliss-reactive ketones (excluding diaryl/α,β-unsaturated/α-hetero) is 1. The molecule has 2 aromatic heterocycles. The predicted octanol–water partition coefficient (Wildman–Crippen LogP) is 3.72. The van der Waals surface area contributed by atoms with Gasteiger partial charge in [-0.3, -0.25) is 9.78 Å². The van der Waals surface area contributed by atoms with Gasteiger partial charge in [0, 0.05) is 28.9 Å². The van der Waals surface area contributed by atoms with Crippen LogP contribution in [0.4, 0.5) is 0 Å². The minimum Gasteiger partial charge on any atom is -0.294 e. The van der Waals surface area contributed by atoms with E-state index in [2.05, 4.69) is 32.4 Å².